The summed E-state index contributed by atoms with van der Waals surface area (Å²) in [4.78, 5) is 17.8. The zero-order valence-electron chi connectivity index (χ0n) is 21.6. The van der Waals surface area contributed by atoms with Crippen LogP contribution in [0, 0.1) is 5.41 Å². The molecular weight excluding hydrogens is 508 g/mol. The highest BCUT2D eigenvalue weighted by Gasteiger charge is 2.44. The Kier molecular flexibility index (Phi) is 8.02. The van der Waals surface area contributed by atoms with E-state index in [1.807, 2.05) is 41.3 Å². The third-order valence-corrected chi connectivity index (χ3v) is 8.91. The Bertz CT molecular complexity index is 1140. The quantitative estimate of drug-likeness (QED) is 0.258. The Hall–Kier alpha value is -2.56. The van der Waals surface area contributed by atoms with Crippen molar-refractivity contribution in [3.63, 3.8) is 0 Å². The zero-order chi connectivity index (χ0) is 26.8. The van der Waals surface area contributed by atoms with Gasteiger partial charge in [0.2, 0.25) is 0 Å². The molecule has 1 aliphatic carbocycles. The van der Waals surface area contributed by atoms with E-state index in [4.69, 9.17) is 10.8 Å². The van der Waals surface area contributed by atoms with Gasteiger partial charge in [0.15, 0.2) is 0 Å². The number of piperidine rings is 2. The number of hydrogen-bond acceptors (Lipinski definition) is 7. The lowest BCUT2D eigenvalue weighted by Gasteiger charge is -2.35. The van der Waals surface area contributed by atoms with Crippen molar-refractivity contribution >= 4 is 40.6 Å². The van der Waals surface area contributed by atoms with Crippen LogP contribution >= 0.6 is 11.9 Å². The van der Waals surface area contributed by atoms with Crippen molar-refractivity contribution in [2.45, 2.75) is 51.0 Å². The molecule has 10 heteroatoms. The SMILES string of the molecule is NCc1ccc(NC(=O)c2ccc(NSCCO)cc2N2CCC3(CC2)CC3)cc1N1CCC(F)(F)CC1. The van der Waals surface area contributed by atoms with Crippen LogP contribution in [0.3, 0.4) is 0 Å². The lowest BCUT2D eigenvalue weighted by Crippen LogP contribution is -2.40. The molecule has 3 fully saturated rings. The molecule has 38 heavy (non-hydrogen) atoms. The standard InChI is InChI=1S/C28H37F2N5O2S/c29-28(30)9-13-34(14-10-28)24-17-21(2-1-20(24)19-31)32-26(37)23-4-3-22(33-38-16-15-36)18-25(23)35-11-7-27(5-6-27)8-12-35/h1-4,17-18,33,36H,5-16,19,31H2,(H,32,37). The first kappa shape index (κ1) is 27.0. The summed E-state index contributed by atoms with van der Waals surface area (Å²) in [6.07, 6.45) is 4.52. The summed E-state index contributed by atoms with van der Waals surface area (Å²) in [5.41, 5.74) is 11.1. The summed E-state index contributed by atoms with van der Waals surface area (Å²) in [7, 11) is 0. The number of benzene rings is 2. The largest absolute Gasteiger partial charge is 0.395 e. The van der Waals surface area contributed by atoms with Gasteiger partial charge >= 0.3 is 0 Å². The third kappa shape index (κ3) is 6.18. The molecule has 0 unspecified atom stereocenters. The Morgan fingerprint density at radius 3 is 2.21 bits per heavy atom. The molecule has 1 amide bonds. The fourth-order valence-corrected chi connectivity index (χ4v) is 6.00. The minimum atomic E-state index is -2.63. The smallest absolute Gasteiger partial charge is 0.257 e. The normalized spacial score (nSPS) is 19.9. The van der Waals surface area contributed by atoms with Gasteiger partial charge in [0.25, 0.3) is 11.8 Å². The highest BCUT2D eigenvalue weighted by atomic mass is 32.2. The molecule has 3 aliphatic rings. The number of nitrogens with one attached hydrogen (secondary N) is 2. The minimum Gasteiger partial charge on any atom is -0.395 e. The van der Waals surface area contributed by atoms with Crippen molar-refractivity contribution in [1.82, 2.24) is 0 Å². The van der Waals surface area contributed by atoms with E-state index in [0.717, 1.165) is 48.6 Å². The highest BCUT2D eigenvalue weighted by molar-refractivity contribution is 8.00. The van der Waals surface area contributed by atoms with Crippen LogP contribution in [-0.4, -0.2) is 55.5 Å². The van der Waals surface area contributed by atoms with Gasteiger partial charge in [-0.2, -0.15) is 0 Å². The lowest BCUT2D eigenvalue weighted by molar-refractivity contribution is -0.0220. The average molecular weight is 546 g/mol. The second-order valence-corrected chi connectivity index (χ2v) is 11.6. The van der Waals surface area contributed by atoms with Crippen LogP contribution < -0.4 is 25.6 Å². The maximum Gasteiger partial charge on any atom is 0.257 e. The van der Waals surface area contributed by atoms with Gasteiger partial charge in [0.05, 0.1) is 17.9 Å². The maximum absolute atomic E-state index is 13.7. The average Bonchev–Trinajstić information content (AvgIpc) is 3.67. The number of carbonyl (C=O) groups excluding carboxylic acids is 1. The van der Waals surface area contributed by atoms with Crippen LogP contribution in [0.15, 0.2) is 36.4 Å². The predicted molar refractivity (Wildman–Crippen MR) is 151 cm³/mol. The van der Waals surface area contributed by atoms with E-state index < -0.39 is 5.92 Å². The van der Waals surface area contributed by atoms with Crippen LogP contribution in [-0.2, 0) is 6.54 Å². The van der Waals surface area contributed by atoms with Gasteiger partial charge in [-0.1, -0.05) is 18.0 Å². The van der Waals surface area contributed by atoms with Gasteiger partial charge in [-0.15, -0.1) is 0 Å². The van der Waals surface area contributed by atoms with Gasteiger partial charge < -0.3 is 30.7 Å². The predicted octanol–water partition coefficient (Wildman–Crippen LogP) is 5.07. The van der Waals surface area contributed by atoms with E-state index in [9.17, 15) is 13.6 Å². The van der Waals surface area contributed by atoms with Crippen molar-refractivity contribution in [2.24, 2.45) is 11.1 Å². The number of aliphatic hydroxyl groups excluding tert-OH is 1. The van der Waals surface area contributed by atoms with Crippen molar-refractivity contribution in [2.75, 3.05) is 58.4 Å². The van der Waals surface area contributed by atoms with Crippen molar-refractivity contribution in [1.29, 1.82) is 0 Å². The van der Waals surface area contributed by atoms with Crippen molar-refractivity contribution in [3.8, 4) is 0 Å². The van der Waals surface area contributed by atoms with E-state index in [1.165, 1.54) is 24.8 Å². The number of nitrogens with zero attached hydrogens (tertiary/aromatic N) is 2. The molecule has 1 spiro atoms. The summed E-state index contributed by atoms with van der Waals surface area (Å²) in [5, 5.41) is 12.2. The Labute approximate surface area is 227 Å². The second kappa shape index (κ2) is 11.3. The molecule has 7 nitrogen and oxygen atoms in total. The van der Waals surface area contributed by atoms with Crippen LogP contribution in [0.4, 0.5) is 31.5 Å². The van der Waals surface area contributed by atoms with Crippen LogP contribution in [0.5, 0.6) is 0 Å². The first-order valence-electron chi connectivity index (χ1n) is 13.5. The molecule has 0 atom stereocenters. The fraction of sp³-hybridized carbons (Fsp3) is 0.536. The Balaban J connectivity index is 1.36. The molecule has 2 heterocycles. The molecule has 2 aliphatic heterocycles. The summed E-state index contributed by atoms with van der Waals surface area (Å²) in [6, 6.07) is 11.3. The zero-order valence-corrected chi connectivity index (χ0v) is 22.5. The van der Waals surface area contributed by atoms with Gasteiger partial charge in [0.1, 0.15) is 0 Å². The van der Waals surface area contributed by atoms with E-state index in [1.54, 1.807) is 0 Å². The molecule has 5 N–H and O–H groups in total. The summed E-state index contributed by atoms with van der Waals surface area (Å²) >= 11 is 1.43. The maximum atomic E-state index is 13.7. The van der Waals surface area contributed by atoms with Crippen LogP contribution in [0.2, 0.25) is 0 Å². The molecule has 1 saturated carbocycles. The molecule has 2 aromatic rings. The monoisotopic (exact) mass is 545 g/mol. The Morgan fingerprint density at radius 2 is 1.55 bits per heavy atom. The van der Waals surface area contributed by atoms with Crippen LogP contribution in [0.1, 0.15) is 54.4 Å². The summed E-state index contributed by atoms with van der Waals surface area (Å²) < 4.78 is 30.7. The number of rotatable bonds is 9. The van der Waals surface area contributed by atoms with E-state index >= 15 is 0 Å². The van der Waals surface area contributed by atoms with E-state index in [-0.39, 0.29) is 38.4 Å². The summed E-state index contributed by atoms with van der Waals surface area (Å²) in [6.45, 7) is 2.72. The number of amides is 1. The topological polar surface area (TPSA) is 93.9 Å². The lowest BCUT2D eigenvalue weighted by atomic mass is 9.93. The van der Waals surface area contributed by atoms with Gasteiger partial charge in [0, 0.05) is 68.4 Å². The molecular formula is C28H37F2N5O2S. The molecule has 5 rings (SSSR count). The molecule has 0 radical (unpaired) electrons. The van der Waals surface area contributed by atoms with Crippen LogP contribution in [0.25, 0.3) is 0 Å². The number of aliphatic hydroxyl groups is 1. The first-order valence-corrected chi connectivity index (χ1v) is 14.4. The Morgan fingerprint density at radius 1 is 0.921 bits per heavy atom. The van der Waals surface area contributed by atoms with E-state index in [2.05, 4.69) is 14.9 Å². The number of alkyl halides is 2. The molecule has 2 saturated heterocycles. The highest BCUT2D eigenvalue weighted by Crippen LogP contribution is 2.54. The van der Waals surface area contributed by atoms with Gasteiger partial charge in [-0.3, -0.25) is 4.79 Å². The number of carbonyl (C=O) groups is 1. The number of hydrogen-bond donors (Lipinski definition) is 4. The fourth-order valence-electron chi connectivity index (χ4n) is 5.51. The molecule has 0 bridgehead atoms. The first-order chi connectivity index (χ1) is 18.3. The van der Waals surface area contributed by atoms with Gasteiger partial charge in [-0.05, 0) is 67.0 Å². The van der Waals surface area contributed by atoms with Crippen molar-refractivity contribution in [3.05, 3.63) is 47.5 Å². The number of halogens is 2. The molecule has 0 aromatic heterocycles. The second-order valence-electron chi connectivity index (χ2n) is 10.7. The molecule has 2 aromatic carbocycles. The number of nitrogens with two attached hydrogens (primary N) is 1. The van der Waals surface area contributed by atoms with Crippen molar-refractivity contribution < 1.29 is 18.7 Å². The molecule has 206 valence electrons. The minimum absolute atomic E-state index is 0.0873. The van der Waals surface area contributed by atoms with E-state index in [0.29, 0.717) is 29.0 Å². The summed E-state index contributed by atoms with van der Waals surface area (Å²) in [5.74, 6) is -2.27. The number of anilines is 4. The van der Waals surface area contributed by atoms with Gasteiger partial charge in [-0.25, -0.2) is 8.78 Å². The third-order valence-electron chi connectivity index (χ3n) is 8.15.